The second kappa shape index (κ2) is 18.3. The van der Waals surface area contributed by atoms with Crippen molar-refractivity contribution in [1.29, 1.82) is 5.26 Å². The first-order valence-corrected chi connectivity index (χ1v) is 19.7. The molecular weight excluding hydrogens is 689 g/mol. The van der Waals surface area contributed by atoms with Crippen LogP contribution in [0, 0.1) is 17.2 Å². The van der Waals surface area contributed by atoms with E-state index in [4.69, 9.17) is 14.2 Å². The molecule has 0 spiro atoms. The number of benzene rings is 3. The third kappa shape index (κ3) is 9.25. The van der Waals surface area contributed by atoms with Crippen molar-refractivity contribution in [1.82, 2.24) is 14.2 Å². The summed E-state index contributed by atoms with van der Waals surface area (Å²) >= 11 is 0. The van der Waals surface area contributed by atoms with Gasteiger partial charge in [0.15, 0.2) is 7.29 Å². The molecule has 4 rings (SSSR count). The standard InChI is InChI=1S/C41H52N5O6P/c1-29(2)39(47)43-38-23-26-46(40(48)44-38)35(27-45(25-12-24-42)53(49,30(3)4)31(5)6)28-52-41(32-13-10-9-11-14-32,33-15-19-36(50-7)20-16-33)34-17-21-37(51-8)22-18-34/h9-11,13-23,26,29-31,35H,12,25,27-28H2,1-8H3,(H,43,44,47,48)/t35-/m0/s1. The quantitative estimate of drug-likeness (QED) is 0.0803. The van der Waals surface area contributed by atoms with E-state index in [1.54, 1.807) is 40.3 Å². The molecule has 11 nitrogen and oxygen atoms in total. The van der Waals surface area contributed by atoms with Gasteiger partial charge in [-0.15, -0.1) is 0 Å². The summed E-state index contributed by atoms with van der Waals surface area (Å²) in [6.07, 6.45) is 1.73. The summed E-state index contributed by atoms with van der Waals surface area (Å²) in [6, 6.07) is 28.2. The molecule has 53 heavy (non-hydrogen) atoms. The fourth-order valence-corrected chi connectivity index (χ4v) is 9.95. The van der Waals surface area contributed by atoms with E-state index in [9.17, 15) is 19.4 Å². The monoisotopic (exact) mass is 741 g/mol. The van der Waals surface area contributed by atoms with Gasteiger partial charge in [0.2, 0.25) is 5.91 Å². The molecule has 4 aromatic rings. The van der Waals surface area contributed by atoms with Gasteiger partial charge in [0, 0.05) is 42.9 Å². The van der Waals surface area contributed by atoms with Crippen LogP contribution in [-0.2, 0) is 19.7 Å². The van der Waals surface area contributed by atoms with E-state index in [0.29, 0.717) is 11.5 Å². The number of methoxy groups -OCH3 is 2. The highest BCUT2D eigenvalue weighted by Gasteiger charge is 2.41. The number of hydrogen-bond acceptors (Lipinski definition) is 8. The maximum absolute atomic E-state index is 14.9. The Morgan fingerprint density at radius 2 is 1.40 bits per heavy atom. The predicted octanol–water partition coefficient (Wildman–Crippen LogP) is 7.72. The van der Waals surface area contributed by atoms with Crippen LogP contribution < -0.4 is 20.5 Å². The number of nitriles is 1. The number of rotatable bonds is 18. The van der Waals surface area contributed by atoms with Gasteiger partial charge in [-0.1, -0.05) is 96.1 Å². The van der Waals surface area contributed by atoms with Gasteiger partial charge in [0.25, 0.3) is 0 Å². The second-order valence-electron chi connectivity index (χ2n) is 13.8. The fourth-order valence-electron chi connectivity index (χ4n) is 6.59. The van der Waals surface area contributed by atoms with Gasteiger partial charge >= 0.3 is 5.69 Å². The average molecular weight is 742 g/mol. The minimum absolute atomic E-state index is 0.0362. The molecule has 1 atom stereocenters. The molecule has 3 aromatic carbocycles. The lowest BCUT2D eigenvalue weighted by molar-refractivity contribution is -0.118. The topological polar surface area (TPSA) is 136 Å². The minimum Gasteiger partial charge on any atom is -0.497 e. The number of anilines is 1. The third-order valence-corrected chi connectivity index (χ3v) is 13.7. The van der Waals surface area contributed by atoms with Crippen molar-refractivity contribution in [2.45, 2.75) is 70.9 Å². The summed E-state index contributed by atoms with van der Waals surface area (Å²) in [4.78, 5) is 30.6. The lowest BCUT2D eigenvalue weighted by Crippen LogP contribution is -2.42. The van der Waals surface area contributed by atoms with Crippen molar-refractivity contribution in [2.24, 2.45) is 5.92 Å². The number of ether oxygens (including phenoxy) is 3. The Kier molecular flexibility index (Phi) is 14.2. The Labute approximate surface area is 313 Å². The van der Waals surface area contributed by atoms with Crippen molar-refractivity contribution in [2.75, 3.05) is 39.2 Å². The van der Waals surface area contributed by atoms with Crippen molar-refractivity contribution >= 4 is 19.0 Å². The summed E-state index contributed by atoms with van der Waals surface area (Å²) in [6.45, 7) is 11.6. The zero-order chi connectivity index (χ0) is 38.8. The number of carbonyl (C=O) groups is 1. The predicted molar refractivity (Wildman–Crippen MR) is 209 cm³/mol. The van der Waals surface area contributed by atoms with Crippen LogP contribution in [0.2, 0.25) is 0 Å². The Hall–Kier alpha value is -4.75. The Morgan fingerprint density at radius 1 is 0.868 bits per heavy atom. The fraction of sp³-hybridized carbons (Fsp3) is 0.415. The van der Waals surface area contributed by atoms with Crippen molar-refractivity contribution < 1.29 is 23.6 Å². The lowest BCUT2D eigenvalue weighted by Gasteiger charge is -2.41. The third-order valence-electron chi connectivity index (χ3n) is 9.49. The summed E-state index contributed by atoms with van der Waals surface area (Å²) in [5.41, 5.74) is 0.217. The van der Waals surface area contributed by atoms with E-state index in [-0.39, 0.29) is 55.1 Å². The molecule has 12 heteroatoms. The molecule has 0 aliphatic heterocycles. The normalized spacial score (nSPS) is 12.6. The Bertz CT molecular complexity index is 1880. The van der Waals surface area contributed by atoms with Gasteiger partial charge in [0.05, 0.1) is 32.9 Å². The maximum Gasteiger partial charge on any atom is 0.349 e. The molecule has 0 unspecified atom stereocenters. The van der Waals surface area contributed by atoms with Crippen LogP contribution in [0.15, 0.2) is 95.9 Å². The number of aromatic nitrogens is 2. The van der Waals surface area contributed by atoms with Crippen LogP contribution in [0.5, 0.6) is 11.5 Å². The minimum atomic E-state index is -3.08. The number of amides is 1. The molecule has 1 aromatic heterocycles. The van der Waals surface area contributed by atoms with Gasteiger partial charge in [-0.3, -0.25) is 9.36 Å². The average Bonchev–Trinajstić information content (AvgIpc) is 3.16. The van der Waals surface area contributed by atoms with Gasteiger partial charge in [-0.2, -0.15) is 10.2 Å². The number of carbonyl (C=O) groups excluding carboxylic acids is 1. The van der Waals surface area contributed by atoms with Crippen LogP contribution in [0.1, 0.15) is 70.7 Å². The highest BCUT2D eigenvalue weighted by molar-refractivity contribution is 7.62. The van der Waals surface area contributed by atoms with Gasteiger partial charge in [0.1, 0.15) is 22.9 Å². The van der Waals surface area contributed by atoms with Crippen molar-refractivity contribution in [3.63, 3.8) is 0 Å². The summed E-state index contributed by atoms with van der Waals surface area (Å²) < 4.78 is 36.5. The molecular formula is C41H52N5O6P. The Morgan fingerprint density at radius 3 is 1.85 bits per heavy atom. The van der Waals surface area contributed by atoms with E-state index in [0.717, 1.165) is 16.7 Å². The van der Waals surface area contributed by atoms with Crippen LogP contribution >= 0.6 is 7.29 Å². The van der Waals surface area contributed by atoms with Crippen molar-refractivity contribution in [3.8, 4) is 17.6 Å². The molecule has 0 bridgehead atoms. The molecule has 0 saturated heterocycles. The molecule has 282 valence electrons. The molecule has 0 radical (unpaired) electrons. The number of nitrogens with one attached hydrogen (secondary N) is 1. The first-order valence-electron chi connectivity index (χ1n) is 17.9. The summed E-state index contributed by atoms with van der Waals surface area (Å²) in [5, 5.41) is 12.4. The maximum atomic E-state index is 14.9. The Balaban J connectivity index is 1.94. The van der Waals surface area contributed by atoms with Crippen LogP contribution in [0.4, 0.5) is 5.82 Å². The lowest BCUT2D eigenvalue weighted by atomic mass is 9.80. The van der Waals surface area contributed by atoms with E-state index in [1.807, 2.05) is 111 Å². The number of nitrogens with zero attached hydrogens (tertiary/aromatic N) is 4. The summed E-state index contributed by atoms with van der Waals surface area (Å²) in [5.74, 6) is 0.917. The molecule has 1 N–H and O–H groups in total. The second-order valence-corrected chi connectivity index (χ2v) is 17.8. The molecule has 0 aliphatic carbocycles. The smallest absolute Gasteiger partial charge is 0.349 e. The zero-order valence-electron chi connectivity index (χ0n) is 32.0. The highest BCUT2D eigenvalue weighted by atomic mass is 31.2. The van der Waals surface area contributed by atoms with Crippen molar-refractivity contribution in [3.05, 3.63) is 118 Å². The van der Waals surface area contributed by atoms with Crippen LogP contribution in [0.25, 0.3) is 0 Å². The highest BCUT2D eigenvalue weighted by Crippen LogP contribution is 2.58. The van der Waals surface area contributed by atoms with E-state index in [1.165, 1.54) is 4.57 Å². The zero-order valence-corrected chi connectivity index (χ0v) is 32.9. The molecule has 1 amide bonds. The largest absolute Gasteiger partial charge is 0.497 e. The van der Waals surface area contributed by atoms with Gasteiger partial charge < -0.3 is 24.1 Å². The number of hydrogen-bond donors (Lipinski definition) is 1. The first-order chi connectivity index (χ1) is 25.3. The van der Waals surface area contributed by atoms with E-state index < -0.39 is 24.6 Å². The summed E-state index contributed by atoms with van der Waals surface area (Å²) in [7, 11) is 0.140. The van der Waals surface area contributed by atoms with Crippen LogP contribution in [0.3, 0.4) is 0 Å². The first kappa shape index (κ1) is 41.0. The molecule has 1 heterocycles. The molecule has 0 saturated carbocycles. The molecule has 0 fully saturated rings. The van der Waals surface area contributed by atoms with E-state index >= 15 is 0 Å². The van der Waals surface area contributed by atoms with E-state index in [2.05, 4.69) is 16.4 Å². The van der Waals surface area contributed by atoms with Crippen LogP contribution in [-0.4, -0.2) is 65.4 Å². The van der Waals surface area contributed by atoms with Gasteiger partial charge in [-0.05, 0) is 47.0 Å². The van der Waals surface area contributed by atoms with Gasteiger partial charge in [-0.25, -0.2) is 9.46 Å². The SMILES string of the molecule is COc1ccc(C(OC[C@H](CN(CCC#N)P(=O)(C(C)C)C(C)C)n2ccc(NC(=O)C(C)C)nc2=O)(c2ccccc2)c2ccc(OC)cc2)cc1. The molecule has 0 aliphatic rings.